The summed E-state index contributed by atoms with van der Waals surface area (Å²) < 4.78 is 5.04. The van der Waals surface area contributed by atoms with Crippen LogP contribution in [0, 0.1) is 0 Å². The number of nitrogens with one attached hydrogen (secondary N) is 6. The van der Waals surface area contributed by atoms with Gasteiger partial charge < -0.3 is 35.8 Å². The van der Waals surface area contributed by atoms with Crippen molar-refractivity contribution in [2.75, 3.05) is 20.2 Å². The second kappa shape index (κ2) is 11.8. The van der Waals surface area contributed by atoms with Gasteiger partial charge in [0, 0.05) is 41.6 Å². The Morgan fingerprint density at radius 3 is 2.07 bits per heavy atom. The van der Waals surface area contributed by atoms with Crippen LogP contribution in [0.25, 0.3) is 33.2 Å². The van der Waals surface area contributed by atoms with Crippen molar-refractivity contribution in [1.29, 1.82) is 0 Å². The molecule has 0 radical (unpaired) electrons. The van der Waals surface area contributed by atoms with Gasteiger partial charge in [-0.3, -0.25) is 24.5 Å². The van der Waals surface area contributed by atoms with Gasteiger partial charge in [0.1, 0.15) is 18.3 Å². The predicted molar refractivity (Wildman–Crippen MR) is 152 cm³/mol. The van der Waals surface area contributed by atoms with Crippen molar-refractivity contribution < 1.29 is 29.0 Å². The number of aromatic amines is 2. The zero-order valence-corrected chi connectivity index (χ0v) is 22.7. The minimum atomic E-state index is -1.28. The van der Waals surface area contributed by atoms with E-state index in [9.17, 15) is 24.3 Å². The first-order valence-electron chi connectivity index (χ1n) is 13.3. The van der Waals surface area contributed by atoms with Crippen molar-refractivity contribution in [3.63, 3.8) is 0 Å². The molecule has 2 aromatic heterocycles. The highest BCUT2D eigenvalue weighted by atomic mass is 16.5. The first-order valence-corrected chi connectivity index (χ1v) is 13.3. The molecular formula is C29H32N6O6. The second-order valence-electron chi connectivity index (χ2n) is 9.99. The molecule has 0 aliphatic carbocycles. The maximum atomic E-state index is 13.2. The van der Waals surface area contributed by atoms with E-state index < -0.39 is 42.0 Å². The maximum Gasteiger partial charge on any atom is 0.323 e. The van der Waals surface area contributed by atoms with Crippen LogP contribution in [0.4, 0.5) is 0 Å². The standard InChI is InChI=1S/C29H32N6O6/c1-15(36)32-22-11-18-16-7-3-5-9-20(16)34-26(18)27-19(17-8-4-6-10-21(17)35-27)12-23(29(40)41-2)33-25(38)14-30-24(37)13-31-28(22)39/h3-10,22-23,25,33-35,38H,11-14H2,1-2H3,(H,30,37)(H,31,39)(H,32,36)/t22-,23-,25-/m0/s1. The number of hydrogen-bond acceptors (Lipinski definition) is 7. The average molecular weight is 561 g/mol. The zero-order valence-electron chi connectivity index (χ0n) is 22.7. The number of carbonyl (C=O) groups is 4. The summed E-state index contributed by atoms with van der Waals surface area (Å²) in [5, 5.41) is 23.0. The molecule has 5 rings (SSSR count). The van der Waals surface area contributed by atoms with E-state index in [1.807, 2.05) is 48.5 Å². The first kappa shape index (κ1) is 27.9. The normalized spacial score (nSPS) is 20.5. The third-order valence-corrected chi connectivity index (χ3v) is 7.18. The smallest absolute Gasteiger partial charge is 0.323 e. The molecule has 0 fully saturated rings. The summed E-state index contributed by atoms with van der Waals surface area (Å²) >= 11 is 0. The molecule has 0 unspecified atom stereocenters. The Morgan fingerprint density at radius 1 is 0.902 bits per heavy atom. The summed E-state index contributed by atoms with van der Waals surface area (Å²) in [7, 11) is 1.27. The number of ether oxygens (including phenoxy) is 1. The van der Waals surface area contributed by atoms with Crippen LogP contribution < -0.4 is 21.3 Å². The van der Waals surface area contributed by atoms with E-state index in [1.54, 1.807) is 0 Å². The number of aliphatic hydroxyl groups is 1. The number of amides is 3. The van der Waals surface area contributed by atoms with Crippen LogP contribution in [0.2, 0.25) is 0 Å². The third-order valence-electron chi connectivity index (χ3n) is 7.18. The van der Waals surface area contributed by atoms with Crippen LogP contribution in [0.1, 0.15) is 18.1 Å². The van der Waals surface area contributed by atoms with Gasteiger partial charge in [0.25, 0.3) is 0 Å². The lowest BCUT2D eigenvalue weighted by atomic mass is 9.96. The summed E-state index contributed by atoms with van der Waals surface area (Å²) in [5.41, 5.74) is 4.58. The van der Waals surface area contributed by atoms with Crippen molar-refractivity contribution in [3.8, 4) is 11.4 Å². The van der Waals surface area contributed by atoms with Gasteiger partial charge in [0.05, 0.1) is 31.6 Å². The van der Waals surface area contributed by atoms with E-state index >= 15 is 0 Å². The fraction of sp³-hybridized carbons (Fsp3) is 0.310. The number of rotatable bonds is 2. The Morgan fingerprint density at radius 2 is 1.49 bits per heavy atom. The molecule has 7 N–H and O–H groups in total. The largest absolute Gasteiger partial charge is 0.468 e. The number of β-amino-alcohol motifs (C(OH)–C–C–N with tert-alkyl or cyclic N) is 1. The van der Waals surface area contributed by atoms with Crippen LogP contribution >= 0.6 is 0 Å². The minimum absolute atomic E-state index is 0.124. The van der Waals surface area contributed by atoms with E-state index in [1.165, 1.54) is 14.0 Å². The number of fused-ring (bicyclic) bond motifs is 7. The lowest BCUT2D eigenvalue weighted by Gasteiger charge is -2.22. The SMILES string of the molecule is COC(=O)[C@@H]1Cc2c([nH]c3ccccc23)-c2[nH]c3ccccc3c2C[C@H](NC(C)=O)C(=O)NCC(=O)NC[C@H](O)N1. The predicted octanol–water partition coefficient (Wildman–Crippen LogP) is 0.602. The zero-order chi connectivity index (χ0) is 29.1. The lowest BCUT2D eigenvalue weighted by molar-refractivity contribution is -0.144. The monoisotopic (exact) mass is 560 g/mol. The molecule has 214 valence electrons. The molecule has 1 aliphatic heterocycles. The van der Waals surface area contributed by atoms with Crippen LogP contribution in [0.15, 0.2) is 48.5 Å². The number of carbonyl (C=O) groups excluding carboxylic acids is 4. The summed E-state index contributed by atoms with van der Waals surface area (Å²) in [6.45, 7) is 0.742. The molecule has 0 saturated carbocycles. The van der Waals surface area contributed by atoms with E-state index in [0.717, 1.165) is 32.9 Å². The topological polar surface area (TPSA) is 177 Å². The Hall–Kier alpha value is -4.68. The number of hydrogen-bond donors (Lipinski definition) is 7. The van der Waals surface area contributed by atoms with Crippen molar-refractivity contribution >= 4 is 45.5 Å². The Labute approximate surface area is 235 Å². The van der Waals surface area contributed by atoms with E-state index in [2.05, 4.69) is 31.2 Å². The van der Waals surface area contributed by atoms with Gasteiger partial charge in [-0.15, -0.1) is 0 Å². The average Bonchev–Trinajstić information content (AvgIpc) is 3.51. The van der Waals surface area contributed by atoms with Crippen molar-refractivity contribution in [2.45, 2.75) is 38.1 Å². The van der Waals surface area contributed by atoms with E-state index in [0.29, 0.717) is 11.4 Å². The molecule has 4 aromatic rings. The van der Waals surface area contributed by atoms with Crippen molar-refractivity contribution in [3.05, 3.63) is 59.7 Å². The number of methoxy groups -OCH3 is 1. The fourth-order valence-electron chi connectivity index (χ4n) is 5.32. The van der Waals surface area contributed by atoms with E-state index in [4.69, 9.17) is 4.74 Å². The molecule has 1 aliphatic rings. The van der Waals surface area contributed by atoms with Gasteiger partial charge in [-0.25, -0.2) is 0 Å². The van der Waals surface area contributed by atoms with Gasteiger partial charge in [-0.1, -0.05) is 36.4 Å². The number of para-hydroxylation sites is 2. The Kier molecular flexibility index (Phi) is 8.04. The van der Waals surface area contributed by atoms with Crippen LogP contribution in [0.3, 0.4) is 0 Å². The number of aromatic nitrogens is 2. The summed E-state index contributed by atoms with van der Waals surface area (Å²) in [6.07, 6.45) is -1.02. The Bertz CT molecular complexity index is 1620. The van der Waals surface area contributed by atoms with Crippen LogP contribution in [-0.2, 0) is 36.8 Å². The van der Waals surface area contributed by atoms with Gasteiger partial charge in [0.2, 0.25) is 17.7 Å². The van der Waals surface area contributed by atoms with Crippen molar-refractivity contribution in [1.82, 2.24) is 31.2 Å². The third kappa shape index (κ3) is 5.93. The van der Waals surface area contributed by atoms with E-state index in [-0.39, 0.29) is 25.9 Å². The van der Waals surface area contributed by atoms with Gasteiger partial charge in [0.15, 0.2) is 0 Å². The fourth-order valence-corrected chi connectivity index (χ4v) is 5.32. The highest BCUT2D eigenvalue weighted by Gasteiger charge is 2.30. The molecule has 3 heterocycles. The molecule has 12 nitrogen and oxygen atoms in total. The maximum absolute atomic E-state index is 13.2. The number of aliphatic hydroxyl groups excluding tert-OH is 1. The van der Waals surface area contributed by atoms with Crippen LogP contribution in [0.5, 0.6) is 0 Å². The molecule has 41 heavy (non-hydrogen) atoms. The van der Waals surface area contributed by atoms with Gasteiger partial charge >= 0.3 is 5.97 Å². The summed E-state index contributed by atoms with van der Waals surface area (Å²) in [6, 6.07) is 13.3. The van der Waals surface area contributed by atoms with Gasteiger partial charge in [-0.2, -0.15) is 0 Å². The first-order chi connectivity index (χ1) is 19.7. The van der Waals surface area contributed by atoms with Crippen molar-refractivity contribution in [2.24, 2.45) is 0 Å². The molecule has 0 spiro atoms. The lowest BCUT2D eigenvalue weighted by Crippen LogP contribution is -2.52. The number of benzene rings is 2. The number of esters is 1. The highest BCUT2D eigenvalue weighted by molar-refractivity contribution is 5.97. The molecule has 12 heteroatoms. The highest BCUT2D eigenvalue weighted by Crippen LogP contribution is 2.37. The molecule has 0 bridgehead atoms. The molecule has 3 atom stereocenters. The molecule has 3 amide bonds. The molecule has 2 aromatic carbocycles. The minimum Gasteiger partial charge on any atom is -0.468 e. The Balaban J connectivity index is 1.72. The number of H-pyrrole nitrogens is 2. The van der Waals surface area contributed by atoms with Gasteiger partial charge in [-0.05, 0) is 23.3 Å². The molecular weight excluding hydrogens is 528 g/mol. The summed E-state index contributed by atoms with van der Waals surface area (Å²) in [5.74, 6) is -2.05. The molecule has 0 saturated heterocycles. The summed E-state index contributed by atoms with van der Waals surface area (Å²) in [4.78, 5) is 57.6. The van der Waals surface area contributed by atoms with Crippen LogP contribution in [-0.4, -0.2) is 77.3 Å². The second-order valence-corrected chi connectivity index (χ2v) is 9.99. The quantitative estimate of drug-likeness (QED) is 0.176.